The number of aryl methyl sites for hydroxylation is 1. The number of ether oxygens (including phenoxy) is 1. The van der Waals surface area contributed by atoms with E-state index in [1.54, 1.807) is 19.1 Å². The zero-order valence-electron chi connectivity index (χ0n) is 11.5. The van der Waals surface area contributed by atoms with E-state index in [0.717, 1.165) is 26.1 Å². The van der Waals surface area contributed by atoms with Gasteiger partial charge < -0.3 is 15.0 Å². The van der Waals surface area contributed by atoms with E-state index in [1.165, 1.54) is 6.07 Å². The highest BCUT2D eigenvalue weighted by Crippen LogP contribution is 2.15. The first-order valence-electron chi connectivity index (χ1n) is 6.34. The van der Waals surface area contributed by atoms with Crippen molar-refractivity contribution in [1.29, 1.82) is 0 Å². The summed E-state index contributed by atoms with van der Waals surface area (Å²) in [7, 11) is 4.13. The van der Waals surface area contributed by atoms with Crippen LogP contribution in [-0.4, -0.2) is 45.2 Å². The Balaban J connectivity index is 2.09. The minimum atomic E-state index is -0.216. The first kappa shape index (κ1) is 14.9. The van der Waals surface area contributed by atoms with Crippen LogP contribution in [0.4, 0.5) is 4.39 Å². The van der Waals surface area contributed by atoms with E-state index < -0.39 is 0 Å². The van der Waals surface area contributed by atoms with Crippen LogP contribution in [0.2, 0.25) is 0 Å². The quantitative estimate of drug-likeness (QED) is 0.719. The highest BCUT2D eigenvalue weighted by atomic mass is 19.1. The largest absolute Gasteiger partial charge is 0.492 e. The van der Waals surface area contributed by atoms with E-state index in [9.17, 15) is 4.39 Å². The summed E-state index contributed by atoms with van der Waals surface area (Å²) in [5.74, 6) is 0.375. The van der Waals surface area contributed by atoms with Gasteiger partial charge in [-0.2, -0.15) is 0 Å². The lowest BCUT2D eigenvalue weighted by Gasteiger charge is -2.10. The molecule has 0 fully saturated rings. The van der Waals surface area contributed by atoms with Crippen molar-refractivity contribution in [3.05, 3.63) is 29.6 Å². The third kappa shape index (κ3) is 5.98. The van der Waals surface area contributed by atoms with Gasteiger partial charge in [-0.25, -0.2) is 4.39 Å². The van der Waals surface area contributed by atoms with Crippen LogP contribution < -0.4 is 10.1 Å². The van der Waals surface area contributed by atoms with Crippen LogP contribution in [0.5, 0.6) is 5.75 Å². The van der Waals surface area contributed by atoms with Crippen molar-refractivity contribution in [2.24, 2.45) is 0 Å². The van der Waals surface area contributed by atoms with Crippen molar-refractivity contribution in [2.45, 2.75) is 13.3 Å². The summed E-state index contributed by atoms with van der Waals surface area (Å²) in [5, 5.41) is 3.29. The van der Waals surface area contributed by atoms with Crippen LogP contribution in [0.1, 0.15) is 12.0 Å². The molecule has 0 unspecified atom stereocenters. The molecule has 18 heavy (non-hydrogen) atoms. The van der Waals surface area contributed by atoms with Crippen LogP contribution in [-0.2, 0) is 0 Å². The maximum atomic E-state index is 13.2. The Labute approximate surface area is 109 Å². The summed E-state index contributed by atoms with van der Waals surface area (Å²) >= 11 is 0. The summed E-state index contributed by atoms with van der Waals surface area (Å²) in [6, 6.07) is 4.96. The van der Waals surface area contributed by atoms with Crippen molar-refractivity contribution in [2.75, 3.05) is 40.3 Å². The predicted molar refractivity (Wildman–Crippen MR) is 72.7 cm³/mol. The maximum absolute atomic E-state index is 13.2. The summed E-state index contributed by atoms with van der Waals surface area (Å²) in [6.07, 6.45) is 1.12. The van der Waals surface area contributed by atoms with Gasteiger partial charge in [0.15, 0.2) is 0 Å². The third-order valence-corrected chi connectivity index (χ3v) is 2.65. The molecule has 1 aromatic carbocycles. The molecule has 0 aliphatic carbocycles. The van der Waals surface area contributed by atoms with Crippen LogP contribution in [0.15, 0.2) is 18.2 Å². The molecule has 1 aromatic rings. The van der Waals surface area contributed by atoms with Gasteiger partial charge in [0.2, 0.25) is 0 Å². The molecule has 1 rings (SSSR count). The van der Waals surface area contributed by atoms with Crippen LogP contribution >= 0.6 is 0 Å². The molecule has 0 radical (unpaired) electrons. The van der Waals surface area contributed by atoms with Gasteiger partial charge in [-0.05, 0) is 52.2 Å². The standard InChI is InChI=1S/C14H23FN2O/c1-12-5-6-13(11-14(12)15)18-10-8-16-7-4-9-17(2)3/h5-6,11,16H,4,7-10H2,1-3H3. The highest BCUT2D eigenvalue weighted by Gasteiger charge is 1.99. The molecule has 0 bridgehead atoms. The summed E-state index contributed by atoms with van der Waals surface area (Å²) in [6.45, 7) is 5.14. The molecule has 1 N–H and O–H groups in total. The van der Waals surface area contributed by atoms with Crippen LogP contribution in [0.3, 0.4) is 0 Å². The number of rotatable bonds is 8. The first-order valence-corrected chi connectivity index (χ1v) is 6.34. The number of hydrogen-bond acceptors (Lipinski definition) is 3. The molecule has 0 amide bonds. The van der Waals surface area contributed by atoms with Gasteiger partial charge in [0, 0.05) is 12.6 Å². The van der Waals surface area contributed by atoms with Crippen molar-refractivity contribution in [3.63, 3.8) is 0 Å². The van der Waals surface area contributed by atoms with E-state index in [-0.39, 0.29) is 5.82 Å². The fourth-order valence-electron chi connectivity index (χ4n) is 1.55. The monoisotopic (exact) mass is 254 g/mol. The lowest BCUT2D eigenvalue weighted by atomic mass is 10.2. The van der Waals surface area contributed by atoms with Crippen molar-refractivity contribution in [1.82, 2.24) is 10.2 Å². The third-order valence-electron chi connectivity index (χ3n) is 2.65. The molecule has 102 valence electrons. The van der Waals surface area contributed by atoms with Gasteiger partial charge in [0.25, 0.3) is 0 Å². The molecule has 0 aliphatic heterocycles. The summed E-state index contributed by atoms with van der Waals surface area (Å²) in [4.78, 5) is 2.16. The van der Waals surface area contributed by atoms with Gasteiger partial charge >= 0.3 is 0 Å². The Morgan fingerprint density at radius 1 is 1.28 bits per heavy atom. The van der Waals surface area contributed by atoms with E-state index >= 15 is 0 Å². The van der Waals surface area contributed by atoms with Crippen LogP contribution in [0.25, 0.3) is 0 Å². The Bertz CT molecular complexity index is 356. The Morgan fingerprint density at radius 2 is 2.06 bits per heavy atom. The fraction of sp³-hybridized carbons (Fsp3) is 0.571. The Hall–Kier alpha value is -1.13. The molecule has 0 saturated heterocycles. The molecule has 0 atom stereocenters. The van der Waals surface area contributed by atoms with Gasteiger partial charge in [-0.1, -0.05) is 6.07 Å². The maximum Gasteiger partial charge on any atom is 0.129 e. The average Bonchev–Trinajstić information content (AvgIpc) is 2.32. The van der Waals surface area contributed by atoms with E-state index in [1.807, 2.05) is 0 Å². The number of hydrogen-bond donors (Lipinski definition) is 1. The second-order valence-electron chi connectivity index (χ2n) is 4.67. The molecular formula is C14H23FN2O. The molecule has 4 heteroatoms. The topological polar surface area (TPSA) is 24.5 Å². The van der Waals surface area contributed by atoms with Crippen molar-refractivity contribution >= 4 is 0 Å². The fourth-order valence-corrected chi connectivity index (χ4v) is 1.55. The lowest BCUT2D eigenvalue weighted by molar-refractivity contribution is 0.309. The minimum Gasteiger partial charge on any atom is -0.492 e. The number of nitrogens with zero attached hydrogens (tertiary/aromatic N) is 1. The van der Waals surface area contributed by atoms with Gasteiger partial charge in [0.05, 0.1) is 0 Å². The zero-order valence-corrected chi connectivity index (χ0v) is 11.5. The lowest BCUT2D eigenvalue weighted by Crippen LogP contribution is -2.25. The number of nitrogens with one attached hydrogen (secondary N) is 1. The highest BCUT2D eigenvalue weighted by molar-refractivity contribution is 5.27. The Morgan fingerprint density at radius 3 is 2.72 bits per heavy atom. The van der Waals surface area contributed by atoms with Crippen molar-refractivity contribution < 1.29 is 9.13 Å². The van der Waals surface area contributed by atoms with Gasteiger partial charge in [-0.15, -0.1) is 0 Å². The first-order chi connectivity index (χ1) is 8.59. The minimum absolute atomic E-state index is 0.216. The SMILES string of the molecule is Cc1ccc(OCCNCCCN(C)C)cc1F. The molecule has 0 heterocycles. The Kier molecular flexibility index (Phi) is 6.68. The number of benzene rings is 1. The molecule has 3 nitrogen and oxygen atoms in total. The second kappa shape index (κ2) is 8.06. The number of halogens is 1. The van der Waals surface area contributed by atoms with Gasteiger partial charge in [-0.3, -0.25) is 0 Å². The second-order valence-corrected chi connectivity index (χ2v) is 4.67. The molecular weight excluding hydrogens is 231 g/mol. The normalized spacial score (nSPS) is 10.9. The molecule has 0 spiro atoms. The van der Waals surface area contributed by atoms with Crippen LogP contribution in [0, 0.1) is 12.7 Å². The van der Waals surface area contributed by atoms with E-state index in [4.69, 9.17) is 4.74 Å². The average molecular weight is 254 g/mol. The van der Waals surface area contributed by atoms with Crippen molar-refractivity contribution in [3.8, 4) is 5.75 Å². The molecule has 0 aromatic heterocycles. The zero-order chi connectivity index (χ0) is 13.4. The van der Waals surface area contributed by atoms with Gasteiger partial charge in [0.1, 0.15) is 18.2 Å². The predicted octanol–water partition coefficient (Wildman–Crippen LogP) is 2.05. The summed E-state index contributed by atoms with van der Waals surface area (Å²) < 4.78 is 18.7. The van der Waals surface area contributed by atoms with E-state index in [0.29, 0.717) is 17.9 Å². The summed E-state index contributed by atoms with van der Waals surface area (Å²) in [5.41, 5.74) is 0.643. The molecule has 0 aliphatic rings. The smallest absolute Gasteiger partial charge is 0.129 e. The van der Waals surface area contributed by atoms with E-state index in [2.05, 4.69) is 24.3 Å². The molecule has 0 saturated carbocycles.